The van der Waals surface area contributed by atoms with Gasteiger partial charge in [0.2, 0.25) is 9.84 Å². The Morgan fingerprint density at radius 2 is 1.67 bits per heavy atom. The zero-order valence-corrected chi connectivity index (χ0v) is 10.4. The average molecular weight is 266 g/mol. The molecular formula is C13H11FO3S. The third kappa shape index (κ3) is 2.22. The van der Waals surface area contributed by atoms with E-state index in [0.717, 1.165) is 23.8 Å². The van der Waals surface area contributed by atoms with Crippen LogP contribution >= 0.6 is 0 Å². The Morgan fingerprint density at radius 3 is 2.22 bits per heavy atom. The number of halogens is 1. The summed E-state index contributed by atoms with van der Waals surface area (Å²) in [6, 6.07) is 9.06. The van der Waals surface area contributed by atoms with Gasteiger partial charge in [-0.15, -0.1) is 0 Å². The molecule has 0 aromatic heterocycles. The van der Waals surface area contributed by atoms with E-state index < -0.39 is 21.4 Å². The first-order valence-corrected chi connectivity index (χ1v) is 6.70. The summed E-state index contributed by atoms with van der Waals surface area (Å²) in [4.78, 5) is -0.234. The first-order valence-electron chi connectivity index (χ1n) is 5.21. The maximum absolute atomic E-state index is 12.8. The Bertz CT molecular complexity index is 676. The zero-order chi connectivity index (χ0) is 13.3. The van der Waals surface area contributed by atoms with Crippen molar-refractivity contribution in [2.24, 2.45) is 0 Å². The van der Waals surface area contributed by atoms with E-state index in [2.05, 4.69) is 0 Å². The normalized spacial score (nSPS) is 11.4. The molecule has 2 aromatic carbocycles. The lowest BCUT2D eigenvalue weighted by Crippen LogP contribution is -2.02. The molecule has 0 aliphatic carbocycles. The first kappa shape index (κ1) is 12.6. The summed E-state index contributed by atoms with van der Waals surface area (Å²) in [6.07, 6.45) is 0. The van der Waals surface area contributed by atoms with Crippen LogP contribution in [-0.2, 0) is 9.84 Å². The molecule has 5 heteroatoms. The number of hydrogen-bond donors (Lipinski definition) is 1. The summed E-state index contributed by atoms with van der Waals surface area (Å²) < 4.78 is 37.2. The molecule has 0 radical (unpaired) electrons. The van der Waals surface area contributed by atoms with Gasteiger partial charge in [0, 0.05) is 6.07 Å². The van der Waals surface area contributed by atoms with Crippen LogP contribution in [0, 0.1) is 12.7 Å². The molecular weight excluding hydrogens is 255 g/mol. The van der Waals surface area contributed by atoms with Gasteiger partial charge < -0.3 is 5.11 Å². The average Bonchev–Trinajstić information content (AvgIpc) is 2.29. The van der Waals surface area contributed by atoms with E-state index in [1.165, 1.54) is 12.1 Å². The molecule has 0 aliphatic heterocycles. The van der Waals surface area contributed by atoms with Crippen molar-refractivity contribution in [2.75, 3.05) is 0 Å². The largest absolute Gasteiger partial charge is 0.506 e. The second kappa shape index (κ2) is 4.42. The number of phenols is 1. The topological polar surface area (TPSA) is 54.4 Å². The Labute approximate surface area is 104 Å². The number of hydrogen-bond acceptors (Lipinski definition) is 3. The van der Waals surface area contributed by atoms with Gasteiger partial charge in [0.05, 0.1) is 4.90 Å². The fourth-order valence-electron chi connectivity index (χ4n) is 1.56. The van der Waals surface area contributed by atoms with E-state index in [0.29, 0.717) is 0 Å². The summed E-state index contributed by atoms with van der Waals surface area (Å²) in [7, 11) is -3.82. The Hall–Kier alpha value is -1.88. The molecule has 0 amide bonds. The molecule has 94 valence electrons. The van der Waals surface area contributed by atoms with Gasteiger partial charge in [-0.1, -0.05) is 17.7 Å². The van der Waals surface area contributed by atoms with Gasteiger partial charge in [-0.25, -0.2) is 12.8 Å². The summed E-state index contributed by atoms with van der Waals surface area (Å²) in [5.74, 6) is -1.27. The van der Waals surface area contributed by atoms with E-state index in [-0.39, 0.29) is 9.79 Å². The Morgan fingerprint density at radius 1 is 1.06 bits per heavy atom. The number of sulfone groups is 1. The predicted molar refractivity (Wildman–Crippen MR) is 64.7 cm³/mol. The Balaban J connectivity index is 2.58. The fraction of sp³-hybridized carbons (Fsp3) is 0.0769. The van der Waals surface area contributed by atoms with Crippen molar-refractivity contribution >= 4 is 9.84 Å². The van der Waals surface area contributed by atoms with Crippen molar-refractivity contribution in [3.8, 4) is 5.75 Å². The van der Waals surface area contributed by atoms with Crippen molar-refractivity contribution in [3.05, 3.63) is 53.8 Å². The Kier molecular flexibility index (Phi) is 3.09. The molecule has 2 aromatic rings. The number of aromatic hydroxyl groups is 1. The van der Waals surface area contributed by atoms with Crippen molar-refractivity contribution in [1.29, 1.82) is 0 Å². The molecule has 0 saturated carbocycles. The minimum absolute atomic E-state index is 0.0648. The fourth-order valence-corrected chi connectivity index (χ4v) is 2.89. The van der Waals surface area contributed by atoms with Crippen LogP contribution in [0.15, 0.2) is 52.3 Å². The maximum Gasteiger partial charge on any atom is 0.210 e. The van der Waals surface area contributed by atoms with E-state index in [1.54, 1.807) is 12.1 Å². The number of rotatable bonds is 2. The minimum atomic E-state index is -3.82. The van der Waals surface area contributed by atoms with Gasteiger partial charge in [-0.05, 0) is 31.2 Å². The molecule has 1 N–H and O–H groups in total. The van der Waals surface area contributed by atoms with Gasteiger partial charge in [0.25, 0.3) is 0 Å². The molecule has 3 nitrogen and oxygen atoms in total. The van der Waals surface area contributed by atoms with Crippen LogP contribution in [0.2, 0.25) is 0 Å². The van der Waals surface area contributed by atoms with E-state index in [4.69, 9.17) is 0 Å². The highest BCUT2D eigenvalue weighted by molar-refractivity contribution is 7.91. The van der Waals surface area contributed by atoms with Crippen LogP contribution in [0.5, 0.6) is 5.75 Å². The van der Waals surface area contributed by atoms with Gasteiger partial charge in [0.15, 0.2) is 0 Å². The zero-order valence-electron chi connectivity index (χ0n) is 9.59. The molecule has 0 unspecified atom stereocenters. The summed E-state index contributed by atoms with van der Waals surface area (Å²) in [5, 5.41) is 9.52. The quantitative estimate of drug-likeness (QED) is 0.850. The highest BCUT2D eigenvalue weighted by Crippen LogP contribution is 2.29. The maximum atomic E-state index is 12.8. The molecule has 0 aliphatic rings. The highest BCUT2D eigenvalue weighted by atomic mass is 32.2. The van der Waals surface area contributed by atoms with Crippen LogP contribution in [0.25, 0.3) is 0 Å². The van der Waals surface area contributed by atoms with Crippen LogP contribution < -0.4 is 0 Å². The van der Waals surface area contributed by atoms with E-state index in [9.17, 15) is 17.9 Å². The lowest BCUT2D eigenvalue weighted by Gasteiger charge is -2.07. The van der Waals surface area contributed by atoms with Crippen molar-refractivity contribution in [3.63, 3.8) is 0 Å². The molecule has 0 fully saturated rings. The second-order valence-corrected chi connectivity index (χ2v) is 5.85. The van der Waals surface area contributed by atoms with Crippen molar-refractivity contribution in [1.82, 2.24) is 0 Å². The number of aryl methyl sites for hydroxylation is 1. The lowest BCUT2D eigenvalue weighted by molar-refractivity contribution is 0.452. The van der Waals surface area contributed by atoms with Crippen molar-refractivity contribution < 1.29 is 17.9 Å². The van der Waals surface area contributed by atoms with Crippen LogP contribution in [0.4, 0.5) is 4.39 Å². The summed E-state index contributed by atoms with van der Waals surface area (Å²) in [5.41, 5.74) is 0.928. The molecule has 18 heavy (non-hydrogen) atoms. The third-order valence-corrected chi connectivity index (χ3v) is 4.36. The lowest BCUT2D eigenvalue weighted by atomic mass is 10.2. The second-order valence-electron chi connectivity index (χ2n) is 3.93. The monoisotopic (exact) mass is 266 g/mol. The number of phenolic OH excluding ortho intramolecular Hbond substituents is 1. The highest BCUT2D eigenvalue weighted by Gasteiger charge is 2.21. The standard InChI is InChI=1S/C13H11FO3S/c1-9-2-5-11(6-3-9)18(16,17)13-7-4-10(14)8-12(13)15/h2-8,15H,1H3. The summed E-state index contributed by atoms with van der Waals surface area (Å²) in [6.45, 7) is 1.84. The molecule has 0 bridgehead atoms. The van der Waals surface area contributed by atoms with Crippen LogP contribution in [0.3, 0.4) is 0 Å². The van der Waals surface area contributed by atoms with Gasteiger partial charge in [0.1, 0.15) is 16.5 Å². The first-order chi connectivity index (χ1) is 8.41. The summed E-state index contributed by atoms with van der Waals surface area (Å²) >= 11 is 0. The molecule has 0 atom stereocenters. The van der Waals surface area contributed by atoms with E-state index in [1.807, 2.05) is 6.92 Å². The van der Waals surface area contributed by atoms with Crippen LogP contribution in [-0.4, -0.2) is 13.5 Å². The third-order valence-electron chi connectivity index (χ3n) is 2.54. The molecule has 2 rings (SSSR count). The van der Waals surface area contributed by atoms with E-state index >= 15 is 0 Å². The SMILES string of the molecule is Cc1ccc(S(=O)(=O)c2ccc(F)cc2O)cc1. The predicted octanol–water partition coefficient (Wildman–Crippen LogP) is 2.67. The van der Waals surface area contributed by atoms with Crippen LogP contribution in [0.1, 0.15) is 5.56 Å². The molecule has 0 saturated heterocycles. The molecule has 0 heterocycles. The van der Waals surface area contributed by atoms with Gasteiger partial charge in [-0.3, -0.25) is 0 Å². The minimum Gasteiger partial charge on any atom is -0.506 e. The number of benzene rings is 2. The van der Waals surface area contributed by atoms with Crippen molar-refractivity contribution in [2.45, 2.75) is 16.7 Å². The van der Waals surface area contributed by atoms with Gasteiger partial charge >= 0.3 is 0 Å². The van der Waals surface area contributed by atoms with Gasteiger partial charge in [-0.2, -0.15) is 0 Å². The molecule has 0 spiro atoms. The smallest absolute Gasteiger partial charge is 0.210 e.